The minimum Gasteiger partial charge on any atom is -0.312 e. The fourth-order valence-corrected chi connectivity index (χ4v) is 3.54. The quantitative estimate of drug-likeness (QED) is 0.504. The summed E-state index contributed by atoms with van der Waals surface area (Å²) in [6, 6.07) is 18.3. The van der Waals surface area contributed by atoms with E-state index in [1.807, 2.05) is 54.1 Å². The Morgan fingerprint density at radius 1 is 1.04 bits per heavy atom. The van der Waals surface area contributed by atoms with E-state index < -0.39 is 0 Å². The number of thioether (sulfide) groups is 1. The summed E-state index contributed by atoms with van der Waals surface area (Å²) < 4.78 is 1.92. The van der Waals surface area contributed by atoms with Crippen molar-refractivity contribution in [3.05, 3.63) is 72.7 Å². The third-order valence-corrected chi connectivity index (χ3v) is 5.29. The van der Waals surface area contributed by atoms with E-state index in [1.165, 1.54) is 5.56 Å². The Morgan fingerprint density at radius 2 is 1.88 bits per heavy atom. The van der Waals surface area contributed by atoms with Crippen LogP contribution in [0.15, 0.2) is 72.3 Å². The fraction of sp³-hybridized carbons (Fsp3) is 0.158. The van der Waals surface area contributed by atoms with Crippen LogP contribution in [0.1, 0.15) is 17.7 Å². The van der Waals surface area contributed by atoms with E-state index in [-0.39, 0.29) is 5.25 Å². The van der Waals surface area contributed by atoms with E-state index >= 15 is 0 Å². The van der Waals surface area contributed by atoms with Gasteiger partial charge >= 0.3 is 0 Å². The number of rotatable bonds is 5. The van der Waals surface area contributed by atoms with Crippen LogP contribution in [0, 0.1) is 0 Å². The number of hydrogen-bond acceptors (Lipinski definition) is 5. The first-order valence-electron chi connectivity index (χ1n) is 8.29. The van der Waals surface area contributed by atoms with Crippen molar-refractivity contribution in [2.24, 2.45) is 7.05 Å². The molecule has 0 radical (unpaired) electrons. The van der Waals surface area contributed by atoms with Crippen molar-refractivity contribution in [2.75, 3.05) is 0 Å². The van der Waals surface area contributed by atoms with E-state index in [0.717, 1.165) is 22.1 Å². The molecule has 130 valence electrons. The molecule has 26 heavy (non-hydrogen) atoms. The second-order valence-corrected chi connectivity index (χ2v) is 7.27. The van der Waals surface area contributed by atoms with Gasteiger partial charge < -0.3 is 4.57 Å². The van der Waals surface area contributed by atoms with E-state index in [0.29, 0.717) is 0 Å². The van der Waals surface area contributed by atoms with Gasteiger partial charge in [-0.15, -0.1) is 15.3 Å². The highest BCUT2D eigenvalue weighted by Crippen LogP contribution is 2.33. The number of nitrogens with zero attached hydrogens (tertiary/aromatic N) is 6. The Balaban J connectivity index is 1.58. The zero-order valence-electron chi connectivity index (χ0n) is 14.5. The predicted octanol–water partition coefficient (Wildman–Crippen LogP) is 3.92. The summed E-state index contributed by atoms with van der Waals surface area (Å²) in [5.41, 5.74) is 4.04. The normalized spacial score (nSPS) is 12.2. The van der Waals surface area contributed by atoms with Gasteiger partial charge in [0.15, 0.2) is 5.16 Å². The van der Waals surface area contributed by atoms with Crippen LogP contribution in [-0.2, 0) is 7.05 Å². The number of benzene rings is 2. The highest BCUT2D eigenvalue weighted by atomic mass is 32.2. The minimum atomic E-state index is 0.238. The molecule has 4 rings (SSSR count). The monoisotopic (exact) mass is 362 g/mol. The standard InChI is InChI=1S/C19H18N6S/c1-14(26-19-22-20-13-24(19)2)16-9-6-10-17(11-16)25-21-12-18(23-25)15-7-4-3-5-8-15/h3-14H,1-2H3/t14-/m1/s1. The Kier molecular flexibility index (Phi) is 4.53. The van der Waals surface area contributed by atoms with Gasteiger partial charge in [0.2, 0.25) is 0 Å². The van der Waals surface area contributed by atoms with Gasteiger partial charge in [-0.2, -0.15) is 9.90 Å². The van der Waals surface area contributed by atoms with Gasteiger partial charge in [-0.05, 0) is 24.6 Å². The Labute approximate surface area is 155 Å². The molecule has 0 saturated heterocycles. The van der Waals surface area contributed by atoms with Crippen molar-refractivity contribution in [3.63, 3.8) is 0 Å². The van der Waals surface area contributed by atoms with Crippen LogP contribution in [-0.4, -0.2) is 29.8 Å². The molecule has 2 aromatic heterocycles. The summed E-state index contributed by atoms with van der Waals surface area (Å²) in [6.07, 6.45) is 3.50. The van der Waals surface area contributed by atoms with Crippen LogP contribution in [0.4, 0.5) is 0 Å². The molecular formula is C19H18N6S. The first kappa shape index (κ1) is 16.5. The van der Waals surface area contributed by atoms with Gasteiger partial charge in [-0.25, -0.2) is 0 Å². The Morgan fingerprint density at radius 3 is 2.65 bits per heavy atom. The summed E-state index contributed by atoms with van der Waals surface area (Å²) in [7, 11) is 1.95. The molecule has 6 nitrogen and oxygen atoms in total. The van der Waals surface area contributed by atoms with Gasteiger partial charge in [0, 0.05) is 17.9 Å². The molecule has 2 heterocycles. The van der Waals surface area contributed by atoms with Gasteiger partial charge in [0.25, 0.3) is 0 Å². The first-order valence-corrected chi connectivity index (χ1v) is 9.17. The third kappa shape index (κ3) is 3.39. The molecule has 0 saturated carbocycles. The number of aryl methyl sites for hydroxylation is 1. The zero-order chi connectivity index (χ0) is 17.9. The van der Waals surface area contributed by atoms with E-state index in [4.69, 9.17) is 0 Å². The van der Waals surface area contributed by atoms with Crippen LogP contribution in [0.5, 0.6) is 0 Å². The lowest BCUT2D eigenvalue weighted by molar-refractivity contribution is 0.752. The van der Waals surface area contributed by atoms with E-state index in [1.54, 1.807) is 29.1 Å². The molecule has 0 N–H and O–H groups in total. The zero-order valence-corrected chi connectivity index (χ0v) is 15.3. The molecule has 0 amide bonds. The molecule has 0 aliphatic heterocycles. The third-order valence-electron chi connectivity index (χ3n) is 4.08. The molecule has 0 aliphatic carbocycles. The van der Waals surface area contributed by atoms with Gasteiger partial charge in [0.05, 0.1) is 11.9 Å². The minimum absolute atomic E-state index is 0.238. The molecule has 7 heteroatoms. The Hall–Kier alpha value is -2.93. The van der Waals surface area contributed by atoms with Gasteiger partial charge in [0.1, 0.15) is 12.0 Å². The van der Waals surface area contributed by atoms with Crippen molar-refractivity contribution in [3.8, 4) is 16.9 Å². The van der Waals surface area contributed by atoms with E-state index in [2.05, 4.69) is 39.5 Å². The van der Waals surface area contributed by atoms with Crippen LogP contribution in [0.25, 0.3) is 16.9 Å². The summed E-state index contributed by atoms with van der Waals surface area (Å²) in [4.78, 5) is 1.67. The smallest absolute Gasteiger partial charge is 0.191 e. The summed E-state index contributed by atoms with van der Waals surface area (Å²) >= 11 is 1.68. The average molecular weight is 362 g/mol. The van der Waals surface area contributed by atoms with Crippen LogP contribution in [0.2, 0.25) is 0 Å². The molecule has 0 spiro atoms. The maximum absolute atomic E-state index is 4.61. The van der Waals surface area contributed by atoms with Crippen LogP contribution >= 0.6 is 11.8 Å². The van der Waals surface area contributed by atoms with Crippen molar-refractivity contribution >= 4 is 11.8 Å². The van der Waals surface area contributed by atoms with Crippen molar-refractivity contribution in [2.45, 2.75) is 17.3 Å². The topological polar surface area (TPSA) is 61.4 Å². The molecular weight excluding hydrogens is 344 g/mol. The Bertz CT molecular complexity index is 1010. The lowest BCUT2D eigenvalue weighted by atomic mass is 10.1. The highest BCUT2D eigenvalue weighted by Gasteiger charge is 2.13. The largest absolute Gasteiger partial charge is 0.312 e. The maximum atomic E-state index is 4.61. The molecule has 0 aliphatic rings. The number of hydrogen-bond donors (Lipinski definition) is 0. The second-order valence-electron chi connectivity index (χ2n) is 5.96. The van der Waals surface area contributed by atoms with Crippen molar-refractivity contribution < 1.29 is 0 Å². The molecule has 0 fully saturated rings. The lowest BCUT2D eigenvalue weighted by Crippen LogP contribution is -2.01. The van der Waals surface area contributed by atoms with Gasteiger partial charge in [-0.3, -0.25) is 0 Å². The van der Waals surface area contributed by atoms with Crippen molar-refractivity contribution in [1.29, 1.82) is 0 Å². The second kappa shape index (κ2) is 7.13. The highest BCUT2D eigenvalue weighted by molar-refractivity contribution is 7.99. The fourth-order valence-electron chi connectivity index (χ4n) is 2.64. The molecule has 2 aromatic carbocycles. The molecule has 4 aromatic rings. The first-order chi connectivity index (χ1) is 12.7. The summed E-state index contributed by atoms with van der Waals surface area (Å²) in [5.74, 6) is 0. The maximum Gasteiger partial charge on any atom is 0.191 e. The van der Waals surface area contributed by atoms with Crippen LogP contribution < -0.4 is 0 Å². The van der Waals surface area contributed by atoms with Crippen molar-refractivity contribution in [1.82, 2.24) is 29.8 Å². The molecule has 1 atom stereocenters. The summed E-state index contributed by atoms with van der Waals surface area (Å²) in [5, 5.41) is 18.2. The SMILES string of the molecule is C[C@@H](Sc1nncn1C)c1cccc(-n2ncc(-c3ccccc3)n2)c1. The molecule has 0 unspecified atom stereocenters. The van der Waals surface area contributed by atoms with E-state index in [9.17, 15) is 0 Å². The van der Waals surface area contributed by atoms with Crippen LogP contribution in [0.3, 0.4) is 0 Å². The molecule has 0 bridgehead atoms. The lowest BCUT2D eigenvalue weighted by Gasteiger charge is -2.12. The predicted molar refractivity (Wildman–Crippen MR) is 102 cm³/mol. The average Bonchev–Trinajstić information content (AvgIpc) is 3.32. The summed E-state index contributed by atoms with van der Waals surface area (Å²) in [6.45, 7) is 2.16. The number of aromatic nitrogens is 6. The van der Waals surface area contributed by atoms with Gasteiger partial charge in [-0.1, -0.05) is 54.2 Å².